The summed E-state index contributed by atoms with van der Waals surface area (Å²) in [7, 11) is 0. The van der Waals surface area contributed by atoms with E-state index in [4.69, 9.17) is 4.98 Å². The second-order valence-electron chi connectivity index (χ2n) is 13.1. The number of aliphatic hydroxyl groups is 1. The van der Waals surface area contributed by atoms with Crippen LogP contribution >= 0.6 is 0 Å². The summed E-state index contributed by atoms with van der Waals surface area (Å²) in [4.78, 5) is 5.16. The van der Waals surface area contributed by atoms with E-state index in [9.17, 15) is 5.11 Å². The lowest BCUT2D eigenvalue weighted by Crippen LogP contribution is -2.48. The molecule has 1 aliphatic heterocycles. The molecule has 2 atom stereocenters. The third-order valence-corrected chi connectivity index (χ3v) is 9.49. The van der Waals surface area contributed by atoms with Crippen LogP contribution in [0.25, 0.3) is 44.1 Å². The Morgan fingerprint density at radius 2 is 1.67 bits per heavy atom. The lowest BCUT2D eigenvalue weighted by molar-refractivity contribution is -0.717. The molecule has 4 aromatic carbocycles. The van der Waals surface area contributed by atoms with Gasteiger partial charge in [0, 0.05) is 29.1 Å². The molecule has 0 saturated carbocycles. The molecule has 0 spiro atoms. The number of hydrogen-bond acceptors (Lipinski definition) is 2. The van der Waals surface area contributed by atoms with E-state index in [2.05, 4.69) is 119 Å². The van der Waals surface area contributed by atoms with Crippen LogP contribution in [0.2, 0.25) is 0 Å². The van der Waals surface area contributed by atoms with Crippen LogP contribution in [0.3, 0.4) is 0 Å². The van der Waals surface area contributed by atoms with Gasteiger partial charge in [-0.15, -0.1) is 0 Å². The Bertz CT molecular complexity index is 1810. The Hall–Kier alpha value is -3.56. The highest BCUT2D eigenvalue weighted by Crippen LogP contribution is 2.55. The molecule has 0 fully saturated rings. The Labute approximate surface area is 231 Å². The molecule has 0 saturated heterocycles. The van der Waals surface area contributed by atoms with E-state index >= 15 is 0 Å². The van der Waals surface area contributed by atoms with Gasteiger partial charge in [-0.1, -0.05) is 95.3 Å². The van der Waals surface area contributed by atoms with Crippen LogP contribution in [-0.4, -0.2) is 16.7 Å². The van der Waals surface area contributed by atoms with Gasteiger partial charge in [0.25, 0.3) is 6.33 Å². The van der Waals surface area contributed by atoms with E-state index in [-0.39, 0.29) is 29.4 Å². The van der Waals surface area contributed by atoms with E-state index in [1.807, 2.05) is 0 Å². The predicted molar refractivity (Wildman–Crippen MR) is 160 cm³/mol. The fraction of sp³-hybridized carbons (Fsp3) is 0.333. The molecule has 0 bridgehead atoms. The van der Waals surface area contributed by atoms with Gasteiger partial charge in [0.1, 0.15) is 11.7 Å². The maximum absolute atomic E-state index is 10.1. The monoisotopic (exact) mass is 513 g/mol. The number of hydrogen-bond donors (Lipinski definition) is 1. The zero-order valence-electron chi connectivity index (χ0n) is 23.8. The van der Waals surface area contributed by atoms with Crippen molar-refractivity contribution < 1.29 is 9.67 Å². The van der Waals surface area contributed by atoms with Gasteiger partial charge in [0.05, 0.1) is 5.56 Å². The van der Waals surface area contributed by atoms with Gasteiger partial charge in [0.15, 0.2) is 5.69 Å². The average Bonchev–Trinajstić information content (AvgIpc) is 3.16. The van der Waals surface area contributed by atoms with Crippen molar-refractivity contribution in [3.05, 3.63) is 95.3 Å². The first-order valence-electron chi connectivity index (χ1n) is 14.3. The van der Waals surface area contributed by atoms with E-state index in [0.717, 1.165) is 12.1 Å². The maximum Gasteiger partial charge on any atom is 0.287 e. The van der Waals surface area contributed by atoms with Crippen molar-refractivity contribution in [3.63, 3.8) is 0 Å². The van der Waals surface area contributed by atoms with Gasteiger partial charge in [-0.25, -0.2) is 4.57 Å². The van der Waals surface area contributed by atoms with Crippen molar-refractivity contribution in [2.75, 3.05) is 6.61 Å². The average molecular weight is 514 g/mol. The quantitative estimate of drug-likeness (QED) is 0.243. The molecule has 0 radical (unpaired) electrons. The molecule has 2 heterocycles. The van der Waals surface area contributed by atoms with Gasteiger partial charge in [-0.05, 0) is 68.0 Å². The Morgan fingerprint density at radius 3 is 2.44 bits per heavy atom. The second kappa shape index (κ2) is 8.22. The molecular weight excluding hydrogens is 476 g/mol. The van der Waals surface area contributed by atoms with Gasteiger partial charge in [-0.3, -0.25) is 0 Å². The smallest absolute Gasteiger partial charge is 0.287 e. The van der Waals surface area contributed by atoms with Crippen LogP contribution in [0.1, 0.15) is 82.2 Å². The summed E-state index contributed by atoms with van der Waals surface area (Å²) in [6, 6.07) is 25.1. The van der Waals surface area contributed by atoms with Crippen molar-refractivity contribution >= 4 is 21.5 Å². The summed E-state index contributed by atoms with van der Waals surface area (Å²) in [5, 5.41) is 15.2. The molecule has 1 aliphatic carbocycles. The Kier molecular flexibility index (Phi) is 5.16. The minimum absolute atomic E-state index is 0.0839. The third-order valence-electron chi connectivity index (χ3n) is 9.49. The van der Waals surface area contributed by atoms with Crippen LogP contribution in [0.5, 0.6) is 0 Å². The van der Waals surface area contributed by atoms with E-state index in [1.165, 1.54) is 60.6 Å². The number of fused-ring (bicyclic) bond motifs is 11. The zero-order chi connectivity index (χ0) is 27.3. The summed E-state index contributed by atoms with van der Waals surface area (Å²) in [6.07, 6.45) is 2.80. The molecule has 0 amide bonds. The van der Waals surface area contributed by atoms with Crippen molar-refractivity contribution in [2.45, 2.75) is 70.8 Å². The van der Waals surface area contributed by atoms with Gasteiger partial charge in [0.2, 0.25) is 0 Å². The predicted octanol–water partition coefficient (Wildman–Crippen LogP) is 7.99. The van der Waals surface area contributed by atoms with E-state index in [1.54, 1.807) is 0 Å². The molecular formula is C36H37N2O+. The molecule has 7 rings (SSSR count). The van der Waals surface area contributed by atoms with Crippen molar-refractivity contribution in [1.82, 2.24) is 4.98 Å². The van der Waals surface area contributed by atoms with Crippen LogP contribution in [0.15, 0.2) is 73.1 Å². The fourth-order valence-corrected chi connectivity index (χ4v) is 7.49. The van der Waals surface area contributed by atoms with Crippen molar-refractivity contribution in [1.29, 1.82) is 0 Å². The molecule has 3 nitrogen and oxygen atoms in total. The van der Waals surface area contributed by atoms with Crippen LogP contribution in [0.4, 0.5) is 0 Å². The number of aromatic nitrogens is 2. The summed E-state index contributed by atoms with van der Waals surface area (Å²) in [5.41, 5.74) is 10.2. The molecule has 2 aliphatic rings. The van der Waals surface area contributed by atoms with Crippen molar-refractivity contribution in [2.24, 2.45) is 0 Å². The minimum Gasteiger partial charge on any atom is -0.396 e. The summed E-state index contributed by atoms with van der Waals surface area (Å²) < 4.78 is 2.41. The van der Waals surface area contributed by atoms with Crippen LogP contribution in [0, 0.1) is 0 Å². The molecule has 1 aromatic heterocycles. The van der Waals surface area contributed by atoms with E-state index in [0.29, 0.717) is 0 Å². The van der Waals surface area contributed by atoms with Gasteiger partial charge in [-0.2, -0.15) is 0 Å². The third kappa shape index (κ3) is 3.32. The zero-order valence-corrected chi connectivity index (χ0v) is 23.8. The molecule has 39 heavy (non-hydrogen) atoms. The summed E-state index contributed by atoms with van der Waals surface area (Å²) in [5.74, 6) is 0.224. The lowest BCUT2D eigenvalue weighted by atomic mass is 9.74. The van der Waals surface area contributed by atoms with Gasteiger partial charge < -0.3 is 5.11 Å². The molecule has 5 aromatic rings. The minimum atomic E-state index is -0.217. The number of aliphatic hydroxyl groups excluding tert-OH is 1. The first kappa shape index (κ1) is 24.5. The molecule has 196 valence electrons. The summed E-state index contributed by atoms with van der Waals surface area (Å²) >= 11 is 0. The molecule has 2 unspecified atom stereocenters. The first-order valence-corrected chi connectivity index (χ1v) is 14.3. The highest BCUT2D eigenvalue weighted by atomic mass is 16.3. The van der Waals surface area contributed by atoms with Crippen molar-refractivity contribution in [3.8, 4) is 22.5 Å². The standard InChI is InChI=1S/C36H37N2O/c1-21-25(17-18-39)28-14-12-23-19-24(35(2,3)4)13-16-26(23)30(28)34-32-33(37-20-38(21)34)29-15-11-22-9-7-8-10-27(22)31(29)36(32,5)6/h7-16,19-21,25,39H,17-18H2,1-6H3/q+1. The second-order valence-corrected chi connectivity index (χ2v) is 13.1. The fourth-order valence-electron chi connectivity index (χ4n) is 7.49. The van der Waals surface area contributed by atoms with E-state index < -0.39 is 0 Å². The maximum atomic E-state index is 10.1. The first-order chi connectivity index (χ1) is 18.6. The normalized spacial score (nSPS) is 19.1. The number of nitrogens with zero attached hydrogens (tertiary/aromatic N) is 2. The summed E-state index contributed by atoms with van der Waals surface area (Å²) in [6.45, 7) is 14.0. The van der Waals surface area contributed by atoms with Crippen LogP contribution in [-0.2, 0) is 10.8 Å². The largest absolute Gasteiger partial charge is 0.396 e. The number of benzene rings is 4. The topological polar surface area (TPSA) is 37.0 Å². The highest BCUT2D eigenvalue weighted by molar-refractivity contribution is 6.02. The Morgan fingerprint density at radius 1 is 0.897 bits per heavy atom. The SMILES string of the molecule is CC1C(CCO)c2ccc3cc(C(C)(C)C)ccc3c2-c2c3c(nc[n+]21)-c1ccc2ccccc2c1C3(C)C. The Balaban J connectivity index is 1.59. The highest BCUT2D eigenvalue weighted by Gasteiger charge is 2.48. The van der Waals surface area contributed by atoms with Gasteiger partial charge >= 0.3 is 0 Å². The lowest BCUT2D eigenvalue weighted by Gasteiger charge is -2.34. The molecule has 1 N–H and O–H groups in total. The molecule has 3 heteroatoms. The van der Waals surface area contributed by atoms with Crippen LogP contribution < -0.4 is 4.57 Å². The number of rotatable bonds is 2.